The summed E-state index contributed by atoms with van der Waals surface area (Å²) >= 11 is 6.30. The van der Waals surface area contributed by atoms with Crippen LogP contribution in [0.15, 0.2) is 78.4 Å². The predicted molar refractivity (Wildman–Crippen MR) is 120 cm³/mol. The first-order valence-corrected chi connectivity index (χ1v) is 10.1. The average Bonchev–Trinajstić information content (AvgIpc) is 3.06. The van der Waals surface area contributed by atoms with E-state index in [-0.39, 0.29) is 11.3 Å². The molecule has 1 amide bonds. The minimum absolute atomic E-state index is 0.0260. The molecule has 3 aromatic rings. The third kappa shape index (κ3) is 3.68. The van der Waals surface area contributed by atoms with Gasteiger partial charge in [-0.2, -0.15) is 0 Å². The topological polar surface area (TPSA) is 66.8 Å². The van der Waals surface area contributed by atoms with Crippen molar-refractivity contribution < 1.29 is 19.4 Å². The number of amides is 1. The van der Waals surface area contributed by atoms with Crippen molar-refractivity contribution in [3.05, 3.63) is 100 Å². The third-order valence-electron chi connectivity index (χ3n) is 5.36. The molecule has 31 heavy (non-hydrogen) atoms. The van der Waals surface area contributed by atoms with Crippen molar-refractivity contribution in [3.8, 4) is 5.75 Å². The lowest BCUT2D eigenvalue weighted by molar-refractivity contribution is -0.132. The number of aliphatic hydroxyl groups excluding tert-OH is 1. The molecule has 0 unspecified atom stereocenters. The molecule has 5 nitrogen and oxygen atoms in total. The van der Waals surface area contributed by atoms with E-state index >= 15 is 0 Å². The molecule has 1 aliphatic rings. The Hall–Kier alpha value is -3.57. The largest absolute Gasteiger partial charge is 0.507 e. The molecule has 0 bridgehead atoms. The lowest BCUT2D eigenvalue weighted by atomic mass is 9.95. The Kier molecular flexibility index (Phi) is 5.53. The number of Topliss-reactive ketones (excluding diaryl/α,β-unsaturated/α-hetero) is 1. The SMILES string of the molecule is COc1ccc([C@@H]2C(=C(O)c3ccccc3)C(=O)C(=O)N2c2ccc(C)c(Cl)c2)cc1. The second-order valence-corrected chi connectivity index (χ2v) is 7.65. The predicted octanol–water partition coefficient (Wildman–Crippen LogP) is 5.28. The van der Waals surface area contributed by atoms with Crippen molar-refractivity contribution in [1.29, 1.82) is 0 Å². The van der Waals surface area contributed by atoms with Gasteiger partial charge in [0.1, 0.15) is 11.5 Å². The monoisotopic (exact) mass is 433 g/mol. The number of hydrogen-bond acceptors (Lipinski definition) is 4. The zero-order valence-corrected chi connectivity index (χ0v) is 17.8. The third-order valence-corrected chi connectivity index (χ3v) is 5.76. The minimum Gasteiger partial charge on any atom is -0.507 e. The summed E-state index contributed by atoms with van der Waals surface area (Å²) in [5, 5.41) is 11.5. The molecule has 0 aromatic heterocycles. The van der Waals surface area contributed by atoms with Crippen molar-refractivity contribution in [2.45, 2.75) is 13.0 Å². The van der Waals surface area contributed by atoms with Gasteiger partial charge >= 0.3 is 0 Å². The molecule has 1 heterocycles. The van der Waals surface area contributed by atoms with Crippen LogP contribution in [0.5, 0.6) is 5.75 Å². The number of anilines is 1. The number of benzene rings is 3. The van der Waals surface area contributed by atoms with Crippen LogP contribution in [0.4, 0.5) is 5.69 Å². The van der Waals surface area contributed by atoms with Gasteiger partial charge in [-0.15, -0.1) is 0 Å². The smallest absolute Gasteiger partial charge is 0.300 e. The normalized spacial score (nSPS) is 17.8. The van der Waals surface area contributed by atoms with Crippen molar-refractivity contribution >= 4 is 34.7 Å². The first-order valence-electron chi connectivity index (χ1n) is 9.69. The fraction of sp³-hybridized carbons (Fsp3) is 0.120. The van der Waals surface area contributed by atoms with Crippen LogP contribution in [0.1, 0.15) is 22.7 Å². The minimum atomic E-state index is -0.815. The Morgan fingerprint density at radius 3 is 2.29 bits per heavy atom. The van der Waals surface area contributed by atoms with Crippen molar-refractivity contribution in [2.75, 3.05) is 12.0 Å². The molecule has 1 saturated heterocycles. The molecule has 0 spiro atoms. The van der Waals surface area contributed by atoms with E-state index in [4.69, 9.17) is 16.3 Å². The van der Waals surface area contributed by atoms with E-state index < -0.39 is 17.7 Å². The molecule has 6 heteroatoms. The van der Waals surface area contributed by atoms with Crippen molar-refractivity contribution in [3.63, 3.8) is 0 Å². The number of nitrogens with zero attached hydrogens (tertiary/aromatic N) is 1. The van der Waals surface area contributed by atoms with Gasteiger partial charge in [-0.3, -0.25) is 14.5 Å². The summed E-state index contributed by atoms with van der Waals surface area (Å²) < 4.78 is 5.23. The fourth-order valence-corrected chi connectivity index (χ4v) is 3.86. The highest BCUT2D eigenvalue weighted by Gasteiger charge is 2.47. The van der Waals surface area contributed by atoms with E-state index in [2.05, 4.69) is 0 Å². The molecule has 3 aromatic carbocycles. The summed E-state index contributed by atoms with van der Waals surface area (Å²) in [5.41, 5.74) is 2.48. The van der Waals surface area contributed by atoms with Crippen molar-refractivity contribution in [2.24, 2.45) is 0 Å². The van der Waals surface area contributed by atoms with E-state index in [1.807, 2.05) is 13.0 Å². The average molecular weight is 434 g/mol. The second kappa shape index (κ2) is 8.28. The molecule has 0 radical (unpaired) electrons. The van der Waals surface area contributed by atoms with Gasteiger partial charge in [-0.1, -0.05) is 60.1 Å². The zero-order valence-electron chi connectivity index (χ0n) is 17.0. The van der Waals surface area contributed by atoms with Crippen LogP contribution in [0.2, 0.25) is 5.02 Å². The molecule has 0 aliphatic carbocycles. The Morgan fingerprint density at radius 1 is 1.00 bits per heavy atom. The molecule has 0 saturated carbocycles. The molecule has 1 fully saturated rings. The lowest BCUT2D eigenvalue weighted by Gasteiger charge is -2.26. The summed E-state index contributed by atoms with van der Waals surface area (Å²) in [6.45, 7) is 1.86. The maximum absolute atomic E-state index is 13.1. The van der Waals surface area contributed by atoms with Gasteiger partial charge in [0.05, 0.1) is 18.7 Å². The number of ketones is 1. The Morgan fingerprint density at radius 2 is 1.68 bits per heavy atom. The van der Waals surface area contributed by atoms with Crippen LogP contribution < -0.4 is 9.64 Å². The first kappa shape index (κ1) is 20.7. The van der Waals surface area contributed by atoms with E-state index in [1.54, 1.807) is 73.8 Å². The number of halogens is 1. The fourth-order valence-electron chi connectivity index (χ4n) is 3.68. The van der Waals surface area contributed by atoms with Crippen LogP contribution in [-0.2, 0) is 9.59 Å². The van der Waals surface area contributed by atoms with Crippen LogP contribution in [0.3, 0.4) is 0 Å². The maximum Gasteiger partial charge on any atom is 0.300 e. The molecule has 1 atom stereocenters. The lowest BCUT2D eigenvalue weighted by Crippen LogP contribution is -2.29. The highest BCUT2D eigenvalue weighted by Crippen LogP contribution is 2.43. The van der Waals surface area contributed by atoms with Gasteiger partial charge in [-0.05, 0) is 42.3 Å². The van der Waals surface area contributed by atoms with E-state index in [0.29, 0.717) is 27.6 Å². The Bertz CT molecular complexity index is 1190. The molecule has 1 N–H and O–H groups in total. The second-order valence-electron chi connectivity index (χ2n) is 7.24. The standard InChI is InChI=1S/C25H20ClNO4/c1-15-8-11-18(14-20(15)26)27-22(16-9-12-19(31-2)13-10-16)21(24(29)25(27)30)23(28)17-6-4-3-5-7-17/h3-14,22,28H,1-2H3/t22-/m1/s1. The van der Waals surface area contributed by atoms with E-state index in [1.165, 1.54) is 4.90 Å². The first-order chi connectivity index (χ1) is 14.9. The summed E-state index contributed by atoms with van der Waals surface area (Å²) in [5.74, 6) is -1.06. The van der Waals surface area contributed by atoms with Gasteiger partial charge in [0, 0.05) is 16.3 Å². The van der Waals surface area contributed by atoms with Crippen LogP contribution >= 0.6 is 11.6 Å². The molecular weight excluding hydrogens is 414 g/mol. The molecule has 4 rings (SSSR count). The molecular formula is C25H20ClNO4. The summed E-state index contributed by atoms with van der Waals surface area (Å²) in [6, 6.07) is 20.1. The molecule has 156 valence electrons. The number of carbonyl (C=O) groups is 2. The van der Waals surface area contributed by atoms with E-state index in [9.17, 15) is 14.7 Å². The Labute approximate surface area is 185 Å². The number of aliphatic hydroxyl groups is 1. The summed E-state index contributed by atoms with van der Waals surface area (Å²) in [6.07, 6.45) is 0. The van der Waals surface area contributed by atoms with Crippen LogP contribution in [0, 0.1) is 6.92 Å². The van der Waals surface area contributed by atoms with E-state index in [0.717, 1.165) is 5.56 Å². The van der Waals surface area contributed by atoms with Gasteiger partial charge in [0.2, 0.25) is 0 Å². The number of carbonyl (C=O) groups excluding carboxylic acids is 2. The Balaban J connectivity index is 1.94. The molecule has 1 aliphatic heterocycles. The quantitative estimate of drug-likeness (QED) is 0.345. The highest BCUT2D eigenvalue weighted by atomic mass is 35.5. The maximum atomic E-state index is 13.1. The van der Waals surface area contributed by atoms with Crippen LogP contribution in [0.25, 0.3) is 5.76 Å². The number of hydrogen-bond donors (Lipinski definition) is 1. The number of aryl methyl sites for hydroxylation is 1. The van der Waals surface area contributed by atoms with Crippen LogP contribution in [-0.4, -0.2) is 23.9 Å². The van der Waals surface area contributed by atoms with Gasteiger partial charge in [0.25, 0.3) is 11.7 Å². The van der Waals surface area contributed by atoms with Gasteiger partial charge in [0.15, 0.2) is 0 Å². The summed E-state index contributed by atoms with van der Waals surface area (Å²) in [4.78, 5) is 27.6. The van der Waals surface area contributed by atoms with Gasteiger partial charge < -0.3 is 9.84 Å². The van der Waals surface area contributed by atoms with Crippen molar-refractivity contribution in [1.82, 2.24) is 0 Å². The number of methoxy groups -OCH3 is 1. The summed E-state index contributed by atoms with van der Waals surface area (Å²) in [7, 11) is 1.56. The number of rotatable bonds is 4. The zero-order chi connectivity index (χ0) is 22.1. The highest BCUT2D eigenvalue weighted by molar-refractivity contribution is 6.51. The van der Waals surface area contributed by atoms with Gasteiger partial charge in [-0.25, -0.2) is 0 Å². The number of ether oxygens (including phenoxy) is 1.